The Kier molecular flexibility index (Phi) is 4.86. The van der Waals surface area contributed by atoms with Crippen LogP contribution in [0.3, 0.4) is 0 Å². The third-order valence-corrected chi connectivity index (χ3v) is 5.37. The summed E-state index contributed by atoms with van der Waals surface area (Å²) in [6.45, 7) is 2.68. The standard InChI is InChI=1S/C11H16N4O3S2/c1-8-10(5-9(19-8)6-12-2)20(16,17)15-4-3-11-13-7-14-18-11/h5,7,12,15H,3-4,6H2,1-2H3. The van der Waals surface area contributed by atoms with Crippen LogP contribution in [0.5, 0.6) is 0 Å². The van der Waals surface area contributed by atoms with Crippen LogP contribution in [-0.2, 0) is 23.0 Å². The quantitative estimate of drug-likeness (QED) is 0.779. The normalized spacial score (nSPS) is 11.9. The molecule has 2 rings (SSSR count). The van der Waals surface area contributed by atoms with Crippen LogP contribution in [0.25, 0.3) is 0 Å². The lowest BCUT2D eigenvalue weighted by molar-refractivity contribution is 0.377. The maximum Gasteiger partial charge on any atom is 0.241 e. The molecule has 0 spiro atoms. The molecule has 0 saturated heterocycles. The molecule has 2 N–H and O–H groups in total. The molecule has 0 aromatic carbocycles. The van der Waals surface area contributed by atoms with Gasteiger partial charge in [0.25, 0.3) is 0 Å². The monoisotopic (exact) mass is 316 g/mol. The van der Waals surface area contributed by atoms with Crippen LogP contribution in [0.15, 0.2) is 21.8 Å². The summed E-state index contributed by atoms with van der Waals surface area (Å²) >= 11 is 1.47. The Morgan fingerprint density at radius 2 is 2.25 bits per heavy atom. The number of nitrogens with zero attached hydrogens (tertiary/aromatic N) is 2. The number of nitrogens with one attached hydrogen (secondary N) is 2. The molecule has 0 radical (unpaired) electrons. The summed E-state index contributed by atoms with van der Waals surface area (Å²) < 4.78 is 31.8. The van der Waals surface area contributed by atoms with Crippen LogP contribution in [0.1, 0.15) is 15.6 Å². The summed E-state index contributed by atoms with van der Waals surface area (Å²) in [5, 5.41) is 6.47. The maximum atomic E-state index is 12.2. The highest BCUT2D eigenvalue weighted by molar-refractivity contribution is 7.89. The second kappa shape index (κ2) is 6.44. The zero-order valence-electron chi connectivity index (χ0n) is 11.2. The van der Waals surface area contributed by atoms with Crippen molar-refractivity contribution in [3.8, 4) is 0 Å². The first-order valence-electron chi connectivity index (χ1n) is 6.02. The van der Waals surface area contributed by atoms with Crippen molar-refractivity contribution in [3.05, 3.63) is 28.0 Å². The number of hydrogen-bond acceptors (Lipinski definition) is 7. The summed E-state index contributed by atoms with van der Waals surface area (Å²) in [5.41, 5.74) is 0. The van der Waals surface area contributed by atoms with E-state index in [1.54, 1.807) is 13.0 Å². The van der Waals surface area contributed by atoms with E-state index in [9.17, 15) is 8.42 Å². The molecule has 2 aromatic rings. The minimum absolute atomic E-state index is 0.223. The fourth-order valence-corrected chi connectivity index (χ4v) is 4.41. The molecular weight excluding hydrogens is 300 g/mol. The first-order chi connectivity index (χ1) is 9.53. The van der Waals surface area contributed by atoms with Gasteiger partial charge in [-0.3, -0.25) is 0 Å². The molecule has 0 amide bonds. The van der Waals surface area contributed by atoms with Crippen LogP contribution < -0.4 is 10.0 Å². The minimum atomic E-state index is -3.50. The highest BCUT2D eigenvalue weighted by Gasteiger charge is 2.19. The molecule has 0 bridgehead atoms. The number of sulfonamides is 1. The Hall–Kier alpha value is -1.29. The van der Waals surface area contributed by atoms with Crippen molar-refractivity contribution in [2.45, 2.75) is 24.8 Å². The third kappa shape index (κ3) is 3.63. The van der Waals surface area contributed by atoms with Crippen LogP contribution >= 0.6 is 11.3 Å². The SMILES string of the molecule is CNCc1cc(S(=O)(=O)NCCc2ncno2)c(C)s1. The smallest absolute Gasteiger partial charge is 0.241 e. The third-order valence-electron chi connectivity index (χ3n) is 2.60. The summed E-state index contributed by atoms with van der Waals surface area (Å²) in [6.07, 6.45) is 1.66. The molecule has 2 aromatic heterocycles. The van der Waals surface area contributed by atoms with Gasteiger partial charge in [0.05, 0.1) is 4.90 Å². The summed E-state index contributed by atoms with van der Waals surface area (Å²) in [7, 11) is -1.67. The summed E-state index contributed by atoms with van der Waals surface area (Å²) in [6, 6.07) is 1.70. The second-order valence-electron chi connectivity index (χ2n) is 4.15. The van der Waals surface area contributed by atoms with E-state index in [2.05, 4.69) is 20.2 Å². The van der Waals surface area contributed by atoms with Gasteiger partial charge in [-0.15, -0.1) is 11.3 Å². The van der Waals surface area contributed by atoms with E-state index in [0.29, 0.717) is 23.8 Å². The number of rotatable bonds is 7. The van der Waals surface area contributed by atoms with Gasteiger partial charge < -0.3 is 9.84 Å². The van der Waals surface area contributed by atoms with Crippen molar-refractivity contribution in [1.29, 1.82) is 0 Å². The summed E-state index contributed by atoms with van der Waals surface area (Å²) in [5.74, 6) is 0.408. The molecule has 9 heteroatoms. The van der Waals surface area contributed by atoms with Gasteiger partial charge in [0.1, 0.15) is 0 Å². The molecule has 0 fully saturated rings. The van der Waals surface area contributed by atoms with E-state index in [4.69, 9.17) is 4.52 Å². The average Bonchev–Trinajstić information content (AvgIpc) is 2.99. The first-order valence-corrected chi connectivity index (χ1v) is 8.32. The van der Waals surface area contributed by atoms with Gasteiger partial charge in [-0.25, -0.2) is 13.1 Å². The molecule has 0 unspecified atom stereocenters. The van der Waals surface area contributed by atoms with E-state index in [-0.39, 0.29) is 6.54 Å². The van der Waals surface area contributed by atoms with Gasteiger partial charge in [-0.05, 0) is 20.0 Å². The van der Waals surface area contributed by atoms with Crippen LogP contribution in [0.2, 0.25) is 0 Å². The van der Waals surface area contributed by atoms with Gasteiger partial charge >= 0.3 is 0 Å². The van der Waals surface area contributed by atoms with Crippen molar-refractivity contribution in [3.63, 3.8) is 0 Å². The van der Waals surface area contributed by atoms with E-state index in [1.165, 1.54) is 17.7 Å². The van der Waals surface area contributed by atoms with E-state index < -0.39 is 10.0 Å². The van der Waals surface area contributed by atoms with E-state index in [0.717, 1.165) is 9.75 Å². The molecule has 0 aliphatic carbocycles. The molecule has 0 aliphatic heterocycles. The first kappa shape index (κ1) is 15.1. The minimum Gasteiger partial charge on any atom is -0.340 e. The van der Waals surface area contributed by atoms with Gasteiger partial charge in [-0.1, -0.05) is 5.16 Å². The number of aryl methyl sites for hydroxylation is 1. The predicted octanol–water partition coefficient (Wildman–Crippen LogP) is 0.680. The average molecular weight is 316 g/mol. The van der Waals surface area contributed by atoms with Gasteiger partial charge in [-0.2, -0.15) is 4.98 Å². The molecule has 0 saturated carbocycles. The van der Waals surface area contributed by atoms with Crippen LogP contribution in [-0.4, -0.2) is 32.2 Å². The molecule has 7 nitrogen and oxygen atoms in total. The zero-order valence-corrected chi connectivity index (χ0v) is 12.8. The topological polar surface area (TPSA) is 97.1 Å². The van der Waals surface area contributed by atoms with Gasteiger partial charge in [0.2, 0.25) is 15.9 Å². The second-order valence-corrected chi connectivity index (χ2v) is 7.22. The molecule has 2 heterocycles. The fraction of sp³-hybridized carbons (Fsp3) is 0.455. The Labute approximate surface area is 121 Å². The molecule has 0 aliphatic rings. The van der Waals surface area contributed by atoms with Crippen molar-refractivity contribution >= 4 is 21.4 Å². The number of aromatic nitrogens is 2. The molecular formula is C11H16N4O3S2. The number of thiophene rings is 1. The highest BCUT2D eigenvalue weighted by Crippen LogP contribution is 2.25. The Morgan fingerprint density at radius 3 is 2.90 bits per heavy atom. The Morgan fingerprint density at radius 1 is 1.45 bits per heavy atom. The lowest BCUT2D eigenvalue weighted by Crippen LogP contribution is -2.26. The number of hydrogen-bond donors (Lipinski definition) is 2. The zero-order chi connectivity index (χ0) is 14.6. The van der Waals surface area contributed by atoms with Crippen molar-refractivity contribution in [2.24, 2.45) is 0 Å². The highest BCUT2D eigenvalue weighted by atomic mass is 32.2. The lowest BCUT2D eigenvalue weighted by atomic mass is 10.4. The van der Waals surface area contributed by atoms with Crippen molar-refractivity contribution in [2.75, 3.05) is 13.6 Å². The van der Waals surface area contributed by atoms with Gasteiger partial charge in [0, 0.05) is 29.3 Å². The van der Waals surface area contributed by atoms with Crippen molar-refractivity contribution < 1.29 is 12.9 Å². The van der Waals surface area contributed by atoms with E-state index >= 15 is 0 Å². The summed E-state index contributed by atoms with van der Waals surface area (Å²) in [4.78, 5) is 5.93. The van der Waals surface area contributed by atoms with E-state index in [1.807, 2.05) is 7.05 Å². The van der Waals surface area contributed by atoms with Gasteiger partial charge in [0.15, 0.2) is 6.33 Å². The molecule has 0 atom stereocenters. The Balaban J connectivity index is 2.02. The molecule has 110 valence electrons. The lowest BCUT2D eigenvalue weighted by Gasteiger charge is -2.04. The van der Waals surface area contributed by atoms with Crippen molar-refractivity contribution in [1.82, 2.24) is 20.2 Å². The molecule has 20 heavy (non-hydrogen) atoms. The van der Waals surface area contributed by atoms with Crippen LogP contribution in [0.4, 0.5) is 0 Å². The van der Waals surface area contributed by atoms with Crippen LogP contribution in [0, 0.1) is 6.92 Å². The largest absolute Gasteiger partial charge is 0.340 e. The predicted molar refractivity (Wildman–Crippen MR) is 75.0 cm³/mol. The Bertz CT molecular complexity index is 649. The maximum absolute atomic E-state index is 12.2. The fourth-order valence-electron chi connectivity index (χ4n) is 1.73.